The molecule has 2 aromatic carbocycles. The van der Waals surface area contributed by atoms with E-state index in [0.717, 1.165) is 0 Å². The number of benzene rings is 2. The smallest absolute Gasteiger partial charge is 0.306 e. The van der Waals surface area contributed by atoms with E-state index in [0.29, 0.717) is 11.1 Å². The molecule has 0 saturated carbocycles. The highest BCUT2D eigenvalue weighted by atomic mass is 32.2. The summed E-state index contributed by atoms with van der Waals surface area (Å²) in [5.74, 6) is 0. The first-order chi connectivity index (χ1) is 10.5. The van der Waals surface area contributed by atoms with Crippen LogP contribution in [0.25, 0.3) is 0 Å². The summed E-state index contributed by atoms with van der Waals surface area (Å²) < 4.78 is 36.3. The van der Waals surface area contributed by atoms with Gasteiger partial charge in [0.1, 0.15) is 5.71 Å². The van der Waals surface area contributed by atoms with E-state index in [2.05, 4.69) is 9.99 Å². The van der Waals surface area contributed by atoms with Crippen molar-refractivity contribution in [3.05, 3.63) is 71.8 Å². The fourth-order valence-corrected chi connectivity index (χ4v) is 1.92. The number of alkyl halides is 3. The largest absolute Gasteiger partial charge is 0.452 e. The van der Waals surface area contributed by atoms with Crippen molar-refractivity contribution in [3.8, 4) is 0 Å². The van der Waals surface area contributed by atoms with Gasteiger partial charge in [0.05, 0.1) is 11.8 Å². The molecule has 0 N–H and O–H groups in total. The van der Waals surface area contributed by atoms with Gasteiger partial charge in [-0.15, -0.1) is 0 Å². The fourth-order valence-electron chi connectivity index (χ4n) is 1.66. The van der Waals surface area contributed by atoms with E-state index in [1.165, 1.54) is 0 Å². The van der Waals surface area contributed by atoms with Crippen LogP contribution in [-0.4, -0.2) is 16.5 Å². The van der Waals surface area contributed by atoms with Gasteiger partial charge in [-0.05, 0) is 0 Å². The van der Waals surface area contributed by atoms with Crippen LogP contribution in [0, 0.1) is 0 Å². The molecule has 7 heteroatoms. The maximum Gasteiger partial charge on any atom is 0.452 e. The van der Waals surface area contributed by atoms with Gasteiger partial charge in [0.2, 0.25) is 0 Å². The van der Waals surface area contributed by atoms with Crippen LogP contribution >= 0.6 is 11.8 Å². The SMILES string of the molecule is O=C(ON=C(c1ccccc1)c1ccccc1)SC(F)(F)F. The van der Waals surface area contributed by atoms with Crippen molar-refractivity contribution < 1.29 is 22.8 Å². The number of rotatable bonds is 3. The Labute approximate surface area is 128 Å². The molecule has 0 aliphatic rings. The summed E-state index contributed by atoms with van der Waals surface area (Å²) in [6, 6.07) is 17.5. The molecule has 0 saturated heterocycles. The van der Waals surface area contributed by atoms with E-state index < -0.39 is 22.6 Å². The third-order valence-corrected chi connectivity index (χ3v) is 2.98. The number of thioether (sulfide) groups is 1. The number of carbonyl (C=O) groups is 1. The van der Waals surface area contributed by atoms with Crippen molar-refractivity contribution in [3.63, 3.8) is 0 Å². The van der Waals surface area contributed by atoms with Crippen LogP contribution in [0.15, 0.2) is 65.8 Å². The molecule has 0 spiro atoms. The predicted octanol–water partition coefficient (Wildman–Crippen LogP) is 4.83. The molecule has 0 fully saturated rings. The van der Waals surface area contributed by atoms with Crippen LogP contribution in [0.3, 0.4) is 0 Å². The van der Waals surface area contributed by atoms with Crippen molar-refractivity contribution >= 4 is 22.8 Å². The minimum atomic E-state index is -4.70. The lowest BCUT2D eigenvalue weighted by Gasteiger charge is -2.07. The first-order valence-electron chi connectivity index (χ1n) is 6.11. The summed E-state index contributed by atoms with van der Waals surface area (Å²) in [7, 11) is 0. The number of hydrogen-bond donors (Lipinski definition) is 0. The highest BCUT2D eigenvalue weighted by Crippen LogP contribution is 2.31. The number of nitrogens with zero attached hydrogens (tertiary/aromatic N) is 1. The topological polar surface area (TPSA) is 38.7 Å². The Hall–Kier alpha value is -2.28. The Morgan fingerprint density at radius 3 is 1.77 bits per heavy atom. The lowest BCUT2D eigenvalue weighted by atomic mass is 10.0. The molecule has 0 unspecified atom stereocenters. The zero-order valence-corrected chi connectivity index (χ0v) is 11.9. The summed E-state index contributed by atoms with van der Waals surface area (Å²) in [6.07, 6.45) is 0. The van der Waals surface area contributed by atoms with Crippen molar-refractivity contribution in [1.29, 1.82) is 0 Å². The summed E-state index contributed by atoms with van der Waals surface area (Å²) in [4.78, 5) is 15.5. The minimum Gasteiger partial charge on any atom is -0.306 e. The minimum absolute atomic E-state index is 0.275. The maximum atomic E-state index is 12.1. The zero-order chi connectivity index (χ0) is 16.0. The second-order valence-electron chi connectivity index (χ2n) is 4.06. The summed E-state index contributed by atoms with van der Waals surface area (Å²) >= 11 is -0.879. The molecule has 0 atom stereocenters. The lowest BCUT2D eigenvalue weighted by molar-refractivity contribution is -0.0325. The third-order valence-electron chi connectivity index (χ3n) is 2.50. The summed E-state index contributed by atoms with van der Waals surface area (Å²) in [6.45, 7) is 0. The molecular weight excluding hydrogens is 315 g/mol. The van der Waals surface area contributed by atoms with E-state index >= 15 is 0 Å². The Bertz CT molecular complexity index is 616. The van der Waals surface area contributed by atoms with Crippen molar-refractivity contribution in [1.82, 2.24) is 0 Å². The molecule has 3 nitrogen and oxygen atoms in total. The van der Waals surface area contributed by atoms with Gasteiger partial charge >= 0.3 is 10.8 Å². The molecule has 0 heterocycles. The molecule has 2 aromatic rings. The van der Waals surface area contributed by atoms with Crippen LogP contribution in [0.2, 0.25) is 0 Å². The van der Waals surface area contributed by atoms with Crippen LogP contribution in [0.4, 0.5) is 18.0 Å². The number of hydrogen-bond acceptors (Lipinski definition) is 4. The summed E-state index contributed by atoms with van der Waals surface area (Å²) in [5.41, 5.74) is -3.18. The Balaban J connectivity index is 2.26. The molecule has 0 aliphatic carbocycles. The second-order valence-corrected chi connectivity index (χ2v) is 5.06. The highest BCUT2D eigenvalue weighted by Gasteiger charge is 2.34. The van der Waals surface area contributed by atoms with Gasteiger partial charge in [-0.1, -0.05) is 65.8 Å². The quantitative estimate of drug-likeness (QED) is 0.461. The van der Waals surface area contributed by atoms with Crippen LogP contribution in [0.5, 0.6) is 0 Å². The molecule has 0 radical (unpaired) electrons. The van der Waals surface area contributed by atoms with Crippen molar-refractivity contribution in [2.75, 3.05) is 0 Å². The van der Waals surface area contributed by atoms with E-state index in [1.807, 2.05) is 0 Å². The number of carbonyl (C=O) groups excluding carboxylic acids is 1. The molecule has 0 aromatic heterocycles. The van der Waals surface area contributed by atoms with E-state index in [4.69, 9.17) is 0 Å². The average Bonchev–Trinajstić information content (AvgIpc) is 2.48. The molecule has 0 aliphatic heterocycles. The van der Waals surface area contributed by atoms with Gasteiger partial charge in [0.25, 0.3) is 0 Å². The molecule has 114 valence electrons. The van der Waals surface area contributed by atoms with Crippen molar-refractivity contribution in [2.24, 2.45) is 5.16 Å². The van der Waals surface area contributed by atoms with Gasteiger partial charge in [-0.3, -0.25) is 0 Å². The van der Waals surface area contributed by atoms with E-state index in [1.54, 1.807) is 60.7 Å². The molecule has 2 rings (SSSR count). The fraction of sp³-hybridized carbons (Fsp3) is 0.0667. The zero-order valence-electron chi connectivity index (χ0n) is 11.1. The lowest BCUT2D eigenvalue weighted by Crippen LogP contribution is -2.09. The standard InChI is InChI=1S/C15H10F3NO2S/c16-15(17,18)22-14(20)21-19-13(11-7-3-1-4-8-11)12-9-5-2-6-10-12/h1-10H. The molecule has 22 heavy (non-hydrogen) atoms. The molecule has 0 bridgehead atoms. The Morgan fingerprint density at radius 1 is 0.909 bits per heavy atom. The van der Waals surface area contributed by atoms with Crippen LogP contribution in [-0.2, 0) is 4.84 Å². The maximum absolute atomic E-state index is 12.1. The van der Waals surface area contributed by atoms with Gasteiger partial charge in [-0.25, -0.2) is 4.79 Å². The van der Waals surface area contributed by atoms with Crippen LogP contribution < -0.4 is 0 Å². The van der Waals surface area contributed by atoms with E-state index in [9.17, 15) is 18.0 Å². The number of oxime groups is 1. The second kappa shape index (κ2) is 7.13. The van der Waals surface area contributed by atoms with E-state index in [-0.39, 0.29) is 5.71 Å². The predicted molar refractivity (Wildman–Crippen MR) is 78.7 cm³/mol. The number of halogens is 3. The van der Waals surface area contributed by atoms with Gasteiger partial charge in [0, 0.05) is 11.1 Å². The van der Waals surface area contributed by atoms with Gasteiger partial charge < -0.3 is 4.84 Å². The normalized spacial score (nSPS) is 10.9. The average molecular weight is 325 g/mol. The monoisotopic (exact) mass is 325 g/mol. The summed E-state index contributed by atoms with van der Waals surface area (Å²) in [5, 5.41) is 2.06. The Kier molecular flexibility index (Phi) is 5.21. The molecule has 0 amide bonds. The highest BCUT2D eigenvalue weighted by molar-refractivity contribution is 8.14. The Morgan fingerprint density at radius 2 is 1.36 bits per heavy atom. The first-order valence-corrected chi connectivity index (χ1v) is 6.93. The first kappa shape index (κ1) is 16.1. The van der Waals surface area contributed by atoms with Gasteiger partial charge in [0.15, 0.2) is 0 Å². The third kappa shape index (κ3) is 4.92. The van der Waals surface area contributed by atoms with Gasteiger partial charge in [-0.2, -0.15) is 13.2 Å². The molecular formula is C15H10F3NO2S. The van der Waals surface area contributed by atoms with Crippen molar-refractivity contribution in [2.45, 2.75) is 5.51 Å². The van der Waals surface area contributed by atoms with Crippen LogP contribution in [0.1, 0.15) is 11.1 Å².